The van der Waals surface area contributed by atoms with Gasteiger partial charge in [-0.05, 0) is 30.0 Å². The van der Waals surface area contributed by atoms with E-state index in [9.17, 15) is 4.79 Å². The number of anilines is 1. The lowest BCUT2D eigenvalue weighted by atomic mass is 10.0. The van der Waals surface area contributed by atoms with Crippen LogP contribution in [0.2, 0.25) is 0 Å². The van der Waals surface area contributed by atoms with E-state index in [4.69, 9.17) is 5.73 Å². The molecule has 0 aromatic carbocycles. The third kappa shape index (κ3) is 6.99. The third-order valence-corrected chi connectivity index (χ3v) is 3.05. The Bertz CT molecular complexity index is 589. The van der Waals surface area contributed by atoms with Gasteiger partial charge in [-0.15, -0.1) is 24.8 Å². The molecule has 0 fully saturated rings. The van der Waals surface area contributed by atoms with Crippen LogP contribution in [0, 0.1) is 5.92 Å². The lowest BCUT2D eigenvalue weighted by Crippen LogP contribution is -2.36. The van der Waals surface area contributed by atoms with Gasteiger partial charge in [0.2, 0.25) is 5.91 Å². The second kappa shape index (κ2) is 10.2. The smallest absolute Gasteiger partial charge is 0.242 e. The molecular formula is C15H23Cl2N5O. The maximum Gasteiger partial charge on any atom is 0.242 e. The van der Waals surface area contributed by atoms with E-state index in [1.165, 1.54) is 0 Å². The summed E-state index contributed by atoms with van der Waals surface area (Å²) in [6.45, 7) is 4.71. The maximum absolute atomic E-state index is 11.9. The molecule has 2 heterocycles. The van der Waals surface area contributed by atoms with E-state index in [2.05, 4.69) is 15.4 Å². The number of nitrogens with one attached hydrogen (secondary N) is 1. The zero-order valence-corrected chi connectivity index (χ0v) is 14.8. The molecule has 0 aliphatic rings. The van der Waals surface area contributed by atoms with Crippen LogP contribution in [0.1, 0.15) is 25.8 Å². The Morgan fingerprint density at radius 1 is 1.26 bits per heavy atom. The lowest BCUT2D eigenvalue weighted by Gasteiger charge is -2.12. The molecule has 23 heavy (non-hydrogen) atoms. The molecule has 2 aromatic rings. The molecule has 0 saturated carbocycles. The van der Waals surface area contributed by atoms with Gasteiger partial charge < -0.3 is 11.1 Å². The highest BCUT2D eigenvalue weighted by molar-refractivity contribution is 5.93. The first-order valence-corrected chi connectivity index (χ1v) is 7.03. The Hall–Kier alpha value is -1.63. The summed E-state index contributed by atoms with van der Waals surface area (Å²) in [5, 5.41) is 7.06. The van der Waals surface area contributed by atoms with E-state index in [1.807, 2.05) is 32.2 Å². The lowest BCUT2D eigenvalue weighted by molar-refractivity contribution is -0.117. The van der Waals surface area contributed by atoms with Gasteiger partial charge in [-0.1, -0.05) is 13.8 Å². The molecule has 3 N–H and O–H groups in total. The van der Waals surface area contributed by atoms with E-state index in [1.54, 1.807) is 23.1 Å². The summed E-state index contributed by atoms with van der Waals surface area (Å²) >= 11 is 0. The van der Waals surface area contributed by atoms with E-state index in [-0.39, 0.29) is 30.7 Å². The molecule has 0 radical (unpaired) electrons. The molecule has 0 saturated heterocycles. The van der Waals surface area contributed by atoms with Crippen molar-refractivity contribution in [3.63, 3.8) is 0 Å². The van der Waals surface area contributed by atoms with Crippen molar-refractivity contribution in [2.75, 3.05) is 5.32 Å². The van der Waals surface area contributed by atoms with Crippen LogP contribution in [0.3, 0.4) is 0 Å². The van der Waals surface area contributed by atoms with Gasteiger partial charge in [-0.3, -0.25) is 14.5 Å². The topological polar surface area (TPSA) is 85.8 Å². The van der Waals surface area contributed by atoms with Crippen LogP contribution >= 0.6 is 24.8 Å². The number of aromatic nitrogens is 3. The number of hydrogen-bond acceptors (Lipinski definition) is 4. The molecule has 6 nitrogen and oxygen atoms in total. The molecule has 1 amide bonds. The molecular weight excluding hydrogens is 337 g/mol. The number of rotatable bonds is 6. The summed E-state index contributed by atoms with van der Waals surface area (Å²) in [5.41, 5.74) is 6.94. The van der Waals surface area contributed by atoms with Crippen LogP contribution in [0.4, 0.5) is 5.82 Å². The number of pyridine rings is 1. The standard InChI is InChI=1S/C15H21N5O.2ClH/c1-11(2)9-13(16)15(21)18-14-5-8-20(19-14)10-12-3-6-17-7-4-12;;/h3-8,11,13H,9-10,16H2,1-2H3,(H,18,19,21);2*1H/t13-;;/m0../s1. The highest BCUT2D eigenvalue weighted by Crippen LogP contribution is 2.08. The highest BCUT2D eigenvalue weighted by atomic mass is 35.5. The van der Waals surface area contributed by atoms with Gasteiger partial charge in [-0.2, -0.15) is 5.10 Å². The van der Waals surface area contributed by atoms with Crippen LogP contribution in [-0.4, -0.2) is 26.7 Å². The van der Waals surface area contributed by atoms with Gasteiger partial charge in [0.05, 0.1) is 12.6 Å². The largest absolute Gasteiger partial charge is 0.320 e. The van der Waals surface area contributed by atoms with E-state index < -0.39 is 6.04 Å². The van der Waals surface area contributed by atoms with E-state index in [0.717, 1.165) is 5.56 Å². The minimum Gasteiger partial charge on any atom is -0.320 e. The van der Waals surface area contributed by atoms with Crippen molar-refractivity contribution in [1.29, 1.82) is 0 Å². The average molecular weight is 360 g/mol. The molecule has 0 spiro atoms. The minimum absolute atomic E-state index is 0. The average Bonchev–Trinajstić information content (AvgIpc) is 2.86. The predicted octanol–water partition coefficient (Wildman–Crippen LogP) is 2.48. The first-order valence-electron chi connectivity index (χ1n) is 7.03. The van der Waals surface area contributed by atoms with Gasteiger partial charge in [-0.25, -0.2) is 0 Å². The van der Waals surface area contributed by atoms with Crippen LogP contribution in [-0.2, 0) is 11.3 Å². The predicted molar refractivity (Wildman–Crippen MR) is 96.1 cm³/mol. The summed E-state index contributed by atoms with van der Waals surface area (Å²) in [7, 11) is 0. The maximum atomic E-state index is 11.9. The van der Waals surface area contributed by atoms with Gasteiger partial charge in [0.15, 0.2) is 5.82 Å². The first kappa shape index (κ1) is 21.4. The van der Waals surface area contributed by atoms with Crippen molar-refractivity contribution in [1.82, 2.24) is 14.8 Å². The third-order valence-electron chi connectivity index (χ3n) is 3.05. The van der Waals surface area contributed by atoms with Gasteiger partial charge in [0.1, 0.15) is 0 Å². The summed E-state index contributed by atoms with van der Waals surface area (Å²) in [4.78, 5) is 15.9. The fraction of sp³-hybridized carbons (Fsp3) is 0.400. The fourth-order valence-electron chi connectivity index (χ4n) is 2.03. The number of carbonyl (C=O) groups excluding carboxylic acids is 1. The first-order chi connectivity index (χ1) is 10.0. The summed E-state index contributed by atoms with van der Waals surface area (Å²) in [6.07, 6.45) is 5.96. The van der Waals surface area contributed by atoms with Crippen molar-refractivity contribution in [3.8, 4) is 0 Å². The second-order valence-corrected chi connectivity index (χ2v) is 5.48. The Morgan fingerprint density at radius 2 is 1.91 bits per heavy atom. The summed E-state index contributed by atoms with van der Waals surface area (Å²) in [6, 6.07) is 5.12. The number of nitrogens with two attached hydrogens (primary N) is 1. The summed E-state index contributed by atoms with van der Waals surface area (Å²) < 4.78 is 1.76. The minimum atomic E-state index is -0.504. The van der Waals surface area contributed by atoms with E-state index >= 15 is 0 Å². The van der Waals surface area contributed by atoms with Crippen LogP contribution < -0.4 is 11.1 Å². The van der Waals surface area contributed by atoms with Gasteiger partial charge >= 0.3 is 0 Å². The zero-order chi connectivity index (χ0) is 15.2. The summed E-state index contributed by atoms with van der Waals surface area (Å²) in [5.74, 6) is 0.709. The Labute approximate surface area is 148 Å². The number of nitrogens with zero attached hydrogens (tertiary/aromatic N) is 3. The fourth-order valence-corrected chi connectivity index (χ4v) is 2.03. The molecule has 128 valence electrons. The van der Waals surface area contributed by atoms with Crippen molar-refractivity contribution in [2.24, 2.45) is 11.7 Å². The second-order valence-electron chi connectivity index (χ2n) is 5.48. The Balaban J connectivity index is 0.00000242. The quantitative estimate of drug-likeness (QED) is 0.829. The van der Waals surface area contributed by atoms with E-state index in [0.29, 0.717) is 24.7 Å². The SMILES string of the molecule is CC(C)C[C@H](N)C(=O)Nc1ccn(Cc2ccncc2)n1.Cl.Cl. The van der Waals surface area contributed by atoms with Crippen LogP contribution in [0.25, 0.3) is 0 Å². The van der Waals surface area contributed by atoms with Crippen LogP contribution in [0.5, 0.6) is 0 Å². The zero-order valence-electron chi connectivity index (χ0n) is 13.2. The normalized spacial score (nSPS) is 11.3. The molecule has 0 bridgehead atoms. The monoisotopic (exact) mass is 359 g/mol. The molecule has 8 heteroatoms. The highest BCUT2D eigenvalue weighted by Gasteiger charge is 2.15. The van der Waals surface area contributed by atoms with Crippen LogP contribution in [0.15, 0.2) is 36.8 Å². The van der Waals surface area contributed by atoms with Crippen molar-refractivity contribution < 1.29 is 4.79 Å². The molecule has 0 aliphatic heterocycles. The molecule has 0 unspecified atom stereocenters. The number of halogens is 2. The number of hydrogen-bond donors (Lipinski definition) is 2. The number of amides is 1. The molecule has 0 aliphatic carbocycles. The van der Waals surface area contributed by atoms with Crippen molar-refractivity contribution >= 4 is 36.5 Å². The number of carbonyl (C=O) groups is 1. The molecule has 2 rings (SSSR count). The van der Waals surface area contributed by atoms with Crippen molar-refractivity contribution in [3.05, 3.63) is 42.4 Å². The Morgan fingerprint density at radius 3 is 2.52 bits per heavy atom. The van der Waals surface area contributed by atoms with Gasteiger partial charge in [0, 0.05) is 24.7 Å². The van der Waals surface area contributed by atoms with Gasteiger partial charge in [0.25, 0.3) is 0 Å². The van der Waals surface area contributed by atoms with Crippen molar-refractivity contribution in [2.45, 2.75) is 32.9 Å². The molecule has 2 aromatic heterocycles. The Kier molecular flexibility index (Phi) is 9.48. The molecule has 1 atom stereocenters.